The van der Waals surface area contributed by atoms with Gasteiger partial charge in [0.25, 0.3) is 0 Å². The van der Waals surface area contributed by atoms with Gasteiger partial charge in [-0.05, 0) is 31.1 Å². The van der Waals surface area contributed by atoms with Crippen molar-refractivity contribution in [3.63, 3.8) is 0 Å². The largest absolute Gasteiger partial charge is 0.460 e. The molecule has 1 rings (SSSR count). The Morgan fingerprint density at radius 1 is 0.848 bits per heavy atom. The average molecular weight is 468 g/mol. The highest BCUT2D eigenvalue weighted by Gasteiger charge is 2.35. The van der Waals surface area contributed by atoms with Gasteiger partial charge in [0.05, 0.1) is 6.42 Å². The van der Waals surface area contributed by atoms with E-state index in [9.17, 15) is 19.2 Å². The van der Waals surface area contributed by atoms with Crippen LogP contribution in [0.1, 0.15) is 93.4 Å². The number of rotatable bonds is 9. The third-order valence-corrected chi connectivity index (χ3v) is 6.58. The van der Waals surface area contributed by atoms with Crippen LogP contribution in [0.5, 0.6) is 0 Å². The molecule has 0 aliphatic carbocycles. The van der Waals surface area contributed by atoms with Gasteiger partial charge < -0.3 is 20.7 Å². The highest BCUT2D eigenvalue weighted by atomic mass is 16.5. The molecule has 8 nitrogen and oxygen atoms in total. The minimum Gasteiger partial charge on any atom is -0.460 e. The van der Waals surface area contributed by atoms with E-state index in [4.69, 9.17) is 4.74 Å². The summed E-state index contributed by atoms with van der Waals surface area (Å²) in [6.45, 7) is 13.2. The van der Waals surface area contributed by atoms with E-state index in [1.165, 1.54) is 0 Å². The Bertz CT molecular complexity index is 666. The molecule has 1 aliphatic rings. The third kappa shape index (κ3) is 9.33. The SMILES string of the molecule is CCCCCCC(C)C1CC(=O)N[C@@H](C(C)C)C(=O)N[C@@H](C)C(=O)N[C@H]([C@@H](C)CC)C(=O)O1. The maximum atomic E-state index is 13.1. The molecule has 0 aromatic heterocycles. The molecule has 2 unspecified atom stereocenters. The Morgan fingerprint density at radius 3 is 2.09 bits per heavy atom. The lowest BCUT2D eigenvalue weighted by molar-refractivity contribution is -0.158. The van der Waals surface area contributed by atoms with Crippen LogP contribution in [0.25, 0.3) is 0 Å². The number of carbonyl (C=O) groups is 4. The highest BCUT2D eigenvalue weighted by molar-refractivity contribution is 5.94. The van der Waals surface area contributed by atoms with Crippen LogP contribution < -0.4 is 16.0 Å². The molecular weight excluding hydrogens is 422 g/mol. The lowest BCUT2D eigenvalue weighted by atomic mass is 9.93. The zero-order valence-corrected chi connectivity index (χ0v) is 21.5. The monoisotopic (exact) mass is 467 g/mol. The molecule has 1 fully saturated rings. The molecule has 0 spiro atoms. The number of hydrogen-bond donors (Lipinski definition) is 3. The van der Waals surface area contributed by atoms with Gasteiger partial charge in [-0.1, -0.05) is 73.6 Å². The van der Waals surface area contributed by atoms with E-state index in [0.717, 1.165) is 32.1 Å². The van der Waals surface area contributed by atoms with Crippen LogP contribution in [0.4, 0.5) is 0 Å². The first kappa shape index (κ1) is 28.9. The zero-order chi connectivity index (χ0) is 25.1. The number of cyclic esters (lactones) is 1. The van der Waals surface area contributed by atoms with Crippen LogP contribution in [0, 0.1) is 17.8 Å². The zero-order valence-electron chi connectivity index (χ0n) is 21.5. The fraction of sp³-hybridized carbons (Fsp3) is 0.840. The molecule has 0 saturated carbocycles. The lowest BCUT2D eigenvalue weighted by Gasteiger charge is -2.29. The second-order valence-electron chi connectivity index (χ2n) is 9.90. The van der Waals surface area contributed by atoms with E-state index in [1.54, 1.807) is 6.92 Å². The number of hydrogen-bond acceptors (Lipinski definition) is 5. The van der Waals surface area contributed by atoms with Crippen molar-refractivity contribution in [1.29, 1.82) is 0 Å². The third-order valence-electron chi connectivity index (χ3n) is 6.58. The van der Waals surface area contributed by atoms with Gasteiger partial charge >= 0.3 is 5.97 Å². The minimum absolute atomic E-state index is 0.0199. The summed E-state index contributed by atoms with van der Waals surface area (Å²) in [5, 5.41) is 8.22. The standard InChI is InChI=1S/C25H45N3O5/c1-8-10-11-12-13-17(6)19-14-20(29)27-21(15(3)4)24(31)26-18(7)23(30)28-22(16(5)9-2)25(32)33-19/h15-19,21-22H,8-14H2,1-7H3,(H,26,31)(H,27,29)(H,28,30)/t16-,17?,18-,19?,21-,22+/m0/s1. The van der Waals surface area contributed by atoms with Gasteiger partial charge in [-0.15, -0.1) is 0 Å². The predicted molar refractivity (Wildman–Crippen MR) is 128 cm³/mol. The average Bonchev–Trinajstić information content (AvgIpc) is 2.76. The minimum atomic E-state index is -0.857. The quantitative estimate of drug-likeness (QED) is 0.356. The maximum absolute atomic E-state index is 13.1. The Hall–Kier alpha value is -2.12. The number of nitrogens with one attached hydrogen (secondary N) is 3. The van der Waals surface area contributed by atoms with Crippen molar-refractivity contribution in [3.8, 4) is 0 Å². The maximum Gasteiger partial charge on any atom is 0.329 e. The normalized spacial score (nSPS) is 27.3. The van der Waals surface area contributed by atoms with Crippen LogP contribution in [0.15, 0.2) is 0 Å². The van der Waals surface area contributed by atoms with Crippen molar-refractivity contribution < 1.29 is 23.9 Å². The molecule has 8 heteroatoms. The summed E-state index contributed by atoms with van der Waals surface area (Å²) in [6, 6.07) is -2.49. The number of ether oxygens (including phenoxy) is 1. The molecule has 1 saturated heterocycles. The highest BCUT2D eigenvalue weighted by Crippen LogP contribution is 2.22. The first-order chi connectivity index (χ1) is 15.5. The fourth-order valence-electron chi connectivity index (χ4n) is 3.93. The number of amides is 3. The van der Waals surface area contributed by atoms with Crippen molar-refractivity contribution in [3.05, 3.63) is 0 Å². The van der Waals surface area contributed by atoms with Gasteiger partial charge in [0.1, 0.15) is 24.2 Å². The van der Waals surface area contributed by atoms with Gasteiger partial charge in [0, 0.05) is 0 Å². The Balaban J connectivity index is 3.22. The van der Waals surface area contributed by atoms with E-state index in [2.05, 4.69) is 22.9 Å². The van der Waals surface area contributed by atoms with Crippen molar-refractivity contribution in [2.24, 2.45) is 17.8 Å². The van der Waals surface area contributed by atoms with Crippen molar-refractivity contribution in [2.45, 2.75) is 118 Å². The first-order valence-corrected chi connectivity index (χ1v) is 12.6. The van der Waals surface area contributed by atoms with Crippen molar-refractivity contribution in [1.82, 2.24) is 16.0 Å². The van der Waals surface area contributed by atoms with Crippen LogP contribution in [0.2, 0.25) is 0 Å². The second-order valence-corrected chi connectivity index (χ2v) is 9.90. The number of unbranched alkanes of at least 4 members (excludes halogenated alkanes) is 3. The summed E-state index contributed by atoms with van der Waals surface area (Å²) in [7, 11) is 0. The molecule has 33 heavy (non-hydrogen) atoms. The Kier molecular flexibility index (Phi) is 12.4. The smallest absolute Gasteiger partial charge is 0.329 e. The van der Waals surface area contributed by atoms with Gasteiger partial charge in [0.15, 0.2) is 0 Å². The fourth-order valence-corrected chi connectivity index (χ4v) is 3.93. The van der Waals surface area contributed by atoms with Crippen molar-refractivity contribution in [2.75, 3.05) is 0 Å². The van der Waals surface area contributed by atoms with E-state index in [-0.39, 0.29) is 30.1 Å². The van der Waals surface area contributed by atoms with Crippen molar-refractivity contribution >= 4 is 23.7 Å². The predicted octanol–water partition coefficient (Wildman–Crippen LogP) is 3.08. The molecule has 3 amide bonds. The van der Waals surface area contributed by atoms with E-state index in [0.29, 0.717) is 6.42 Å². The van der Waals surface area contributed by atoms with E-state index < -0.39 is 42.0 Å². The van der Waals surface area contributed by atoms with Gasteiger partial charge in [0.2, 0.25) is 17.7 Å². The molecule has 1 aliphatic heterocycles. The Labute approximate surface area is 199 Å². The summed E-state index contributed by atoms with van der Waals surface area (Å²) in [6.07, 6.45) is 5.19. The lowest BCUT2D eigenvalue weighted by Crippen LogP contribution is -2.56. The Morgan fingerprint density at radius 2 is 1.52 bits per heavy atom. The molecule has 0 aromatic rings. The second kappa shape index (κ2) is 14.2. The van der Waals surface area contributed by atoms with Crippen LogP contribution in [0.3, 0.4) is 0 Å². The van der Waals surface area contributed by atoms with Crippen LogP contribution in [-0.4, -0.2) is 47.9 Å². The summed E-state index contributed by atoms with van der Waals surface area (Å²) in [5.41, 5.74) is 0. The molecule has 1 heterocycles. The summed E-state index contributed by atoms with van der Waals surface area (Å²) < 4.78 is 5.88. The van der Waals surface area contributed by atoms with E-state index in [1.807, 2.05) is 34.6 Å². The molecule has 3 N–H and O–H groups in total. The number of carbonyl (C=O) groups excluding carboxylic acids is 4. The van der Waals surface area contributed by atoms with Crippen LogP contribution >= 0.6 is 0 Å². The van der Waals surface area contributed by atoms with Gasteiger partial charge in [-0.25, -0.2) is 4.79 Å². The molecule has 6 atom stereocenters. The first-order valence-electron chi connectivity index (χ1n) is 12.6. The molecular formula is C25H45N3O5. The van der Waals surface area contributed by atoms with E-state index >= 15 is 0 Å². The van der Waals surface area contributed by atoms with Gasteiger partial charge in [-0.2, -0.15) is 0 Å². The molecule has 0 aromatic carbocycles. The number of esters is 1. The van der Waals surface area contributed by atoms with Gasteiger partial charge in [-0.3, -0.25) is 14.4 Å². The topological polar surface area (TPSA) is 114 Å². The summed E-state index contributed by atoms with van der Waals surface area (Å²) >= 11 is 0. The summed E-state index contributed by atoms with van der Waals surface area (Å²) in [4.78, 5) is 51.6. The molecule has 190 valence electrons. The molecule has 0 radical (unpaired) electrons. The summed E-state index contributed by atoms with van der Waals surface area (Å²) in [5.74, 6) is -2.11. The molecule has 0 bridgehead atoms. The van der Waals surface area contributed by atoms with Crippen LogP contribution in [-0.2, 0) is 23.9 Å².